The smallest absolute Gasteiger partial charge is 0.220 e. The van der Waals surface area contributed by atoms with Crippen LogP contribution in [0.25, 0.3) is 0 Å². The first kappa shape index (κ1) is 93.8. The molecule has 0 saturated carbocycles. The Morgan fingerprint density at radius 3 is 1.06 bits per heavy atom. The summed E-state index contributed by atoms with van der Waals surface area (Å²) in [6.45, 7) is 2.75. The van der Waals surface area contributed by atoms with E-state index in [2.05, 4.69) is 67.8 Å². The Bertz CT molecular complexity index is 1910. The molecule has 0 radical (unpaired) electrons. The quantitative estimate of drug-likeness (QED) is 0.0204. The van der Waals surface area contributed by atoms with Crippen LogP contribution in [0.4, 0.5) is 0 Å². The van der Waals surface area contributed by atoms with Crippen molar-refractivity contribution in [2.75, 3.05) is 19.8 Å². The van der Waals surface area contributed by atoms with Crippen LogP contribution in [0.1, 0.15) is 386 Å². The molecule has 2 aliphatic rings. The highest BCUT2D eigenvalue weighted by molar-refractivity contribution is 5.76. The monoisotopic (exact) mass is 1410 g/mol. The van der Waals surface area contributed by atoms with Crippen LogP contribution in [0.3, 0.4) is 0 Å². The second-order valence-electron chi connectivity index (χ2n) is 29.9. The molecule has 0 bridgehead atoms. The number of hydrogen-bond acceptors (Lipinski definition) is 13. The van der Waals surface area contributed by atoms with Crippen molar-refractivity contribution >= 4 is 5.91 Å². The molecule has 9 N–H and O–H groups in total. The van der Waals surface area contributed by atoms with Gasteiger partial charge in [0.05, 0.1) is 32.0 Å². The van der Waals surface area contributed by atoms with Crippen LogP contribution >= 0.6 is 0 Å². The molecular formula is C86H159NO13. The van der Waals surface area contributed by atoms with Crippen LogP contribution in [0.5, 0.6) is 0 Å². The number of nitrogens with one attached hydrogen (secondary N) is 1. The van der Waals surface area contributed by atoms with Crippen LogP contribution in [0.2, 0.25) is 0 Å². The number of carbonyl (C=O) groups is 1. The van der Waals surface area contributed by atoms with E-state index >= 15 is 0 Å². The highest BCUT2D eigenvalue weighted by Crippen LogP contribution is 2.30. The van der Waals surface area contributed by atoms with Gasteiger partial charge in [0.2, 0.25) is 5.91 Å². The van der Waals surface area contributed by atoms with Crippen LogP contribution in [-0.4, -0.2) is 140 Å². The van der Waals surface area contributed by atoms with E-state index in [1.165, 1.54) is 295 Å². The number of aliphatic hydroxyl groups excluding tert-OH is 8. The predicted molar refractivity (Wildman–Crippen MR) is 415 cm³/mol. The molecule has 12 atom stereocenters. The first-order chi connectivity index (χ1) is 49.1. The van der Waals surface area contributed by atoms with Gasteiger partial charge in [0.25, 0.3) is 0 Å². The van der Waals surface area contributed by atoms with E-state index in [0.29, 0.717) is 6.42 Å². The van der Waals surface area contributed by atoms with Crippen molar-refractivity contribution in [2.24, 2.45) is 0 Å². The minimum Gasteiger partial charge on any atom is -0.394 e. The third-order valence-corrected chi connectivity index (χ3v) is 20.7. The SMILES string of the molecule is CC/C=C\C/C=C\C/C=C\C/C=C\CCCCCCCCCCCCCCCCCCCCCCCCCCCCC(=O)NC(COC1OC(CO)C(OC2OC(CO)C(O)C(O)C2O)C(O)C1O)C(O)/C=C/CCCCCCCCCCCCCCCCCCCCCCCCCCC. The van der Waals surface area contributed by atoms with Gasteiger partial charge >= 0.3 is 0 Å². The molecule has 12 unspecified atom stereocenters. The fourth-order valence-electron chi connectivity index (χ4n) is 14.1. The van der Waals surface area contributed by atoms with Crippen molar-refractivity contribution in [3.05, 3.63) is 60.8 Å². The number of rotatable bonds is 72. The summed E-state index contributed by atoms with van der Waals surface area (Å²) in [4.78, 5) is 13.4. The van der Waals surface area contributed by atoms with Crippen LogP contribution in [-0.2, 0) is 23.7 Å². The second-order valence-corrected chi connectivity index (χ2v) is 29.9. The lowest BCUT2D eigenvalue weighted by molar-refractivity contribution is -0.359. The van der Waals surface area contributed by atoms with Crippen LogP contribution in [0.15, 0.2) is 60.8 Å². The molecule has 2 aliphatic heterocycles. The summed E-state index contributed by atoms with van der Waals surface area (Å²) in [6.07, 6.45) is 78.9. The lowest BCUT2D eigenvalue weighted by atomic mass is 9.97. The number of aliphatic hydroxyl groups is 8. The average molecular weight is 1420 g/mol. The molecule has 0 aromatic carbocycles. The van der Waals surface area contributed by atoms with Gasteiger partial charge in [-0.3, -0.25) is 4.79 Å². The van der Waals surface area contributed by atoms with Gasteiger partial charge in [0.1, 0.15) is 48.8 Å². The van der Waals surface area contributed by atoms with Gasteiger partial charge in [-0.1, -0.05) is 383 Å². The van der Waals surface area contributed by atoms with Gasteiger partial charge < -0.3 is 65.1 Å². The summed E-state index contributed by atoms with van der Waals surface area (Å²) in [7, 11) is 0. The Kier molecular flexibility index (Phi) is 65.4. The van der Waals surface area contributed by atoms with Gasteiger partial charge in [-0.05, 0) is 57.8 Å². The number of unbranched alkanes of at least 4 members (excludes halogenated alkanes) is 51. The van der Waals surface area contributed by atoms with E-state index in [4.69, 9.17) is 18.9 Å². The lowest BCUT2D eigenvalue weighted by Gasteiger charge is -2.46. The van der Waals surface area contributed by atoms with Crippen molar-refractivity contribution in [1.29, 1.82) is 0 Å². The minimum absolute atomic E-state index is 0.231. The molecule has 0 aromatic heterocycles. The summed E-state index contributed by atoms with van der Waals surface area (Å²) in [5.41, 5.74) is 0. The molecule has 0 spiro atoms. The number of amides is 1. The summed E-state index contributed by atoms with van der Waals surface area (Å²) < 4.78 is 22.9. The zero-order chi connectivity index (χ0) is 72.2. The minimum atomic E-state index is -1.79. The van der Waals surface area contributed by atoms with Crippen molar-refractivity contribution < 1.29 is 64.6 Å². The van der Waals surface area contributed by atoms with Gasteiger partial charge in [-0.25, -0.2) is 0 Å². The summed E-state index contributed by atoms with van der Waals surface area (Å²) in [6, 6.07) is -0.916. The molecule has 2 heterocycles. The van der Waals surface area contributed by atoms with E-state index in [9.17, 15) is 45.6 Å². The molecule has 2 saturated heterocycles. The Hall–Kier alpha value is -2.31. The number of hydrogen-bond donors (Lipinski definition) is 9. The van der Waals surface area contributed by atoms with Gasteiger partial charge in [-0.15, -0.1) is 0 Å². The highest BCUT2D eigenvalue weighted by atomic mass is 16.7. The first-order valence-electron chi connectivity index (χ1n) is 42.5. The van der Waals surface area contributed by atoms with E-state index in [-0.39, 0.29) is 18.9 Å². The molecule has 100 heavy (non-hydrogen) atoms. The Morgan fingerprint density at radius 1 is 0.370 bits per heavy atom. The molecular weight excluding hydrogens is 1250 g/mol. The topological polar surface area (TPSA) is 228 Å². The summed E-state index contributed by atoms with van der Waals surface area (Å²) in [5.74, 6) is -0.231. The molecule has 0 aromatic rings. The Morgan fingerprint density at radius 2 is 0.690 bits per heavy atom. The van der Waals surface area contributed by atoms with Crippen molar-refractivity contribution in [3.63, 3.8) is 0 Å². The molecule has 14 nitrogen and oxygen atoms in total. The fraction of sp³-hybridized carbons (Fsp3) is 0.872. The van der Waals surface area contributed by atoms with Crippen molar-refractivity contribution in [2.45, 2.75) is 460 Å². The maximum absolute atomic E-state index is 13.4. The molecule has 14 heteroatoms. The molecule has 0 aliphatic carbocycles. The van der Waals surface area contributed by atoms with E-state index in [1.807, 2.05) is 6.08 Å². The number of allylic oxidation sites excluding steroid dienone is 9. The number of ether oxygens (including phenoxy) is 4. The molecule has 586 valence electrons. The largest absolute Gasteiger partial charge is 0.394 e. The van der Waals surface area contributed by atoms with Crippen molar-refractivity contribution in [1.82, 2.24) is 5.32 Å². The highest BCUT2D eigenvalue weighted by Gasteiger charge is 2.51. The zero-order valence-corrected chi connectivity index (χ0v) is 64.5. The van der Waals surface area contributed by atoms with Crippen molar-refractivity contribution in [3.8, 4) is 0 Å². The van der Waals surface area contributed by atoms with Gasteiger partial charge in [-0.2, -0.15) is 0 Å². The number of carbonyl (C=O) groups excluding carboxylic acids is 1. The van der Waals surface area contributed by atoms with E-state index < -0.39 is 86.8 Å². The van der Waals surface area contributed by atoms with Crippen LogP contribution < -0.4 is 5.32 Å². The third-order valence-electron chi connectivity index (χ3n) is 20.7. The Labute approximate surface area is 613 Å². The molecule has 2 fully saturated rings. The lowest BCUT2D eigenvalue weighted by Crippen LogP contribution is -2.65. The molecule has 2 rings (SSSR count). The van der Waals surface area contributed by atoms with E-state index in [0.717, 1.165) is 64.2 Å². The van der Waals surface area contributed by atoms with Crippen LogP contribution in [0, 0.1) is 0 Å². The summed E-state index contributed by atoms with van der Waals surface area (Å²) >= 11 is 0. The predicted octanol–water partition coefficient (Wildman–Crippen LogP) is 19.9. The maximum atomic E-state index is 13.4. The third kappa shape index (κ3) is 51.8. The van der Waals surface area contributed by atoms with Gasteiger partial charge in [0.15, 0.2) is 12.6 Å². The Balaban J connectivity index is 1.57. The normalized spacial score (nSPS) is 22.1. The second kappa shape index (κ2) is 69.7. The summed E-state index contributed by atoms with van der Waals surface area (Å²) in [5, 5.41) is 87.8. The average Bonchev–Trinajstić information content (AvgIpc) is 0.796. The molecule has 1 amide bonds. The van der Waals surface area contributed by atoms with E-state index in [1.54, 1.807) is 6.08 Å². The first-order valence-corrected chi connectivity index (χ1v) is 42.5. The van der Waals surface area contributed by atoms with Gasteiger partial charge in [0, 0.05) is 6.42 Å². The fourth-order valence-corrected chi connectivity index (χ4v) is 14.1. The maximum Gasteiger partial charge on any atom is 0.220 e. The standard InChI is InChI=1S/C86H159NO13/c1-3-5-7-9-11-13-15-17-19-21-23-25-27-29-31-32-33-34-35-36-37-38-39-40-41-42-44-46-48-50-52-54-56-58-60-62-64-66-68-70-78(91)87-74(73-97-85-83(96)81(94)84(77(72-89)99-85)100-86-82(95)80(93)79(92)76(71-88)98-86)75(90)69-67-65-63-61-59-57-55-53-51-49-47-45-43-30-28-26-24-22-20-18-16-14-12-10-8-6-4-2/h5,7,11,13,17,19,23,25,67,69,74-77,79-86,88-90,92-96H,3-4,6,8-10,12,14-16,18,20-22,24,26-66,68,70-73H2,1-2H3,(H,87,91)/b7-5-,13-11-,19-17-,25-23-,69-67+. The zero-order valence-electron chi connectivity index (χ0n) is 64.5.